The molecule has 0 N–H and O–H groups in total. The van der Waals surface area contributed by atoms with Crippen molar-refractivity contribution >= 4 is 0 Å². The smallest absolute Gasteiger partial charge is 0.0373 e. The zero-order valence-electron chi connectivity index (χ0n) is 16.6. The summed E-state index contributed by atoms with van der Waals surface area (Å²) in [6, 6.07) is 9.25. The maximum atomic E-state index is 4.55. The van der Waals surface area contributed by atoms with E-state index in [2.05, 4.69) is 54.9 Å². The number of aromatic nitrogens is 1. The molecule has 2 nitrogen and oxygen atoms in total. The predicted molar refractivity (Wildman–Crippen MR) is 109 cm³/mol. The summed E-state index contributed by atoms with van der Waals surface area (Å²) in [5.74, 6) is 0. The Labute approximate surface area is 158 Å². The van der Waals surface area contributed by atoms with E-state index >= 15 is 0 Å². The van der Waals surface area contributed by atoms with Crippen LogP contribution < -0.4 is 0 Å². The highest BCUT2D eigenvalue weighted by Gasteiger charge is 2.44. The van der Waals surface area contributed by atoms with Gasteiger partial charge in [-0.05, 0) is 92.8 Å². The van der Waals surface area contributed by atoms with Gasteiger partial charge >= 0.3 is 0 Å². The first kappa shape index (κ1) is 17.7. The van der Waals surface area contributed by atoms with Crippen LogP contribution in [-0.2, 0) is 13.0 Å². The standard InChI is InChI=1S/C24H32N2/c1-4-5-20-15-22(17-26-12-10-24(8-9-24)11-13-26)23(14-18(20)2)21-7-6-19(3)25-16-21/h6-7,14-16H,4-5,8-13,17H2,1-3H3. The molecular formula is C24H32N2. The summed E-state index contributed by atoms with van der Waals surface area (Å²) in [6.07, 6.45) is 10.2. The minimum absolute atomic E-state index is 0.751. The molecule has 2 aliphatic rings. The maximum absolute atomic E-state index is 4.55. The first-order chi connectivity index (χ1) is 12.6. The van der Waals surface area contributed by atoms with E-state index in [1.165, 1.54) is 79.4 Å². The summed E-state index contributed by atoms with van der Waals surface area (Å²) < 4.78 is 0. The lowest BCUT2D eigenvalue weighted by Crippen LogP contribution is -2.34. The lowest BCUT2D eigenvalue weighted by molar-refractivity contribution is 0.166. The van der Waals surface area contributed by atoms with Crippen molar-refractivity contribution in [3.05, 3.63) is 52.8 Å². The van der Waals surface area contributed by atoms with E-state index in [1.54, 1.807) is 0 Å². The van der Waals surface area contributed by atoms with Crippen LogP contribution in [0.25, 0.3) is 11.1 Å². The average Bonchev–Trinajstić information content (AvgIpc) is 3.40. The Bertz CT molecular complexity index is 762. The Hall–Kier alpha value is -1.67. The number of hydrogen-bond acceptors (Lipinski definition) is 2. The second-order valence-electron chi connectivity index (χ2n) is 8.65. The van der Waals surface area contributed by atoms with Gasteiger partial charge in [0.15, 0.2) is 0 Å². The fourth-order valence-corrected chi connectivity index (χ4v) is 4.47. The summed E-state index contributed by atoms with van der Waals surface area (Å²) in [4.78, 5) is 7.22. The van der Waals surface area contributed by atoms with Crippen molar-refractivity contribution in [2.24, 2.45) is 5.41 Å². The van der Waals surface area contributed by atoms with Crippen molar-refractivity contribution in [2.45, 2.75) is 65.8 Å². The van der Waals surface area contributed by atoms with Crippen LogP contribution in [0.1, 0.15) is 61.4 Å². The van der Waals surface area contributed by atoms with Crippen molar-refractivity contribution in [1.29, 1.82) is 0 Å². The van der Waals surface area contributed by atoms with E-state index in [1.807, 2.05) is 6.20 Å². The lowest BCUT2D eigenvalue weighted by atomic mass is 9.91. The molecule has 1 aromatic carbocycles. The molecule has 138 valence electrons. The third-order valence-electron chi connectivity index (χ3n) is 6.57. The first-order valence-corrected chi connectivity index (χ1v) is 10.4. The van der Waals surface area contributed by atoms with E-state index in [0.29, 0.717) is 0 Å². The zero-order valence-corrected chi connectivity index (χ0v) is 16.6. The van der Waals surface area contributed by atoms with Crippen LogP contribution in [0.4, 0.5) is 0 Å². The van der Waals surface area contributed by atoms with Crippen LogP contribution in [0.15, 0.2) is 30.5 Å². The number of benzene rings is 1. The van der Waals surface area contributed by atoms with Crippen LogP contribution >= 0.6 is 0 Å². The highest BCUT2D eigenvalue weighted by atomic mass is 15.1. The van der Waals surface area contributed by atoms with Gasteiger partial charge in [0.2, 0.25) is 0 Å². The number of pyridine rings is 1. The highest BCUT2D eigenvalue weighted by Crippen LogP contribution is 2.53. The molecule has 2 fully saturated rings. The molecule has 0 radical (unpaired) electrons. The number of piperidine rings is 1. The van der Waals surface area contributed by atoms with Gasteiger partial charge in [-0.25, -0.2) is 0 Å². The predicted octanol–water partition coefficient (Wildman–Crippen LogP) is 5.69. The fraction of sp³-hybridized carbons (Fsp3) is 0.542. The van der Waals surface area contributed by atoms with Gasteiger partial charge in [0.25, 0.3) is 0 Å². The number of hydrogen-bond donors (Lipinski definition) is 0. The second-order valence-corrected chi connectivity index (χ2v) is 8.65. The third-order valence-corrected chi connectivity index (χ3v) is 6.57. The molecule has 1 aliphatic heterocycles. The molecule has 0 amide bonds. The summed E-state index contributed by atoms with van der Waals surface area (Å²) in [7, 11) is 0. The van der Waals surface area contributed by atoms with Crippen LogP contribution in [0, 0.1) is 19.3 Å². The number of aryl methyl sites for hydroxylation is 3. The quantitative estimate of drug-likeness (QED) is 0.689. The maximum Gasteiger partial charge on any atom is 0.0373 e. The molecule has 1 aliphatic carbocycles. The van der Waals surface area contributed by atoms with Crippen molar-refractivity contribution in [1.82, 2.24) is 9.88 Å². The Morgan fingerprint density at radius 3 is 2.38 bits per heavy atom. The molecule has 2 heteroatoms. The third kappa shape index (κ3) is 3.71. The van der Waals surface area contributed by atoms with Gasteiger partial charge in [-0.1, -0.05) is 31.5 Å². The molecule has 1 saturated heterocycles. The van der Waals surface area contributed by atoms with Crippen LogP contribution in [-0.4, -0.2) is 23.0 Å². The minimum atomic E-state index is 0.751. The molecule has 2 heterocycles. The molecule has 0 unspecified atom stereocenters. The summed E-state index contributed by atoms with van der Waals surface area (Å²) in [5, 5.41) is 0. The first-order valence-electron chi connectivity index (χ1n) is 10.4. The number of nitrogens with zero attached hydrogens (tertiary/aromatic N) is 2. The Kier molecular flexibility index (Phi) is 4.88. The highest BCUT2D eigenvalue weighted by molar-refractivity contribution is 5.68. The Morgan fingerprint density at radius 1 is 1.00 bits per heavy atom. The lowest BCUT2D eigenvalue weighted by Gasteiger charge is -2.32. The Morgan fingerprint density at radius 2 is 1.77 bits per heavy atom. The van der Waals surface area contributed by atoms with Crippen molar-refractivity contribution in [2.75, 3.05) is 13.1 Å². The van der Waals surface area contributed by atoms with Crippen molar-refractivity contribution in [3.8, 4) is 11.1 Å². The summed E-state index contributed by atoms with van der Waals surface area (Å²) >= 11 is 0. The summed E-state index contributed by atoms with van der Waals surface area (Å²) in [5.41, 5.74) is 8.88. The molecule has 2 aromatic rings. The molecule has 26 heavy (non-hydrogen) atoms. The summed E-state index contributed by atoms with van der Waals surface area (Å²) in [6.45, 7) is 10.2. The van der Waals surface area contributed by atoms with Gasteiger partial charge in [0.1, 0.15) is 0 Å². The zero-order chi connectivity index (χ0) is 18.1. The van der Waals surface area contributed by atoms with Gasteiger partial charge in [-0.15, -0.1) is 0 Å². The SMILES string of the molecule is CCCc1cc(CN2CCC3(CC2)CC3)c(-c2ccc(C)nc2)cc1C. The van der Waals surface area contributed by atoms with Crippen molar-refractivity contribution in [3.63, 3.8) is 0 Å². The Balaban J connectivity index is 1.63. The minimum Gasteiger partial charge on any atom is -0.299 e. The molecule has 0 bridgehead atoms. The van der Waals surface area contributed by atoms with Crippen LogP contribution in [0.5, 0.6) is 0 Å². The second kappa shape index (κ2) is 7.15. The van der Waals surface area contributed by atoms with E-state index in [0.717, 1.165) is 17.7 Å². The normalized spacial score (nSPS) is 19.0. The van der Waals surface area contributed by atoms with Gasteiger partial charge in [-0.3, -0.25) is 9.88 Å². The van der Waals surface area contributed by atoms with Crippen molar-refractivity contribution < 1.29 is 0 Å². The molecule has 1 aromatic heterocycles. The van der Waals surface area contributed by atoms with E-state index in [9.17, 15) is 0 Å². The molecular weight excluding hydrogens is 316 g/mol. The largest absolute Gasteiger partial charge is 0.299 e. The number of rotatable bonds is 5. The topological polar surface area (TPSA) is 16.1 Å². The van der Waals surface area contributed by atoms with Crippen LogP contribution in [0.3, 0.4) is 0 Å². The van der Waals surface area contributed by atoms with Gasteiger partial charge in [0, 0.05) is 24.0 Å². The van der Waals surface area contributed by atoms with Gasteiger partial charge in [-0.2, -0.15) is 0 Å². The molecule has 0 atom stereocenters. The molecule has 1 spiro atoms. The monoisotopic (exact) mass is 348 g/mol. The van der Waals surface area contributed by atoms with Gasteiger partial charge < -0.3 is 0 Å². The molecule has 1 saturated carbocycles. The number of likely N-dealkylation sites (tertiary alicyclic amines) is 1. The van der Waals surface area contributed by atoms with E-state index < -0.39 is 0 Å². The van der Waals surface area contributed by atoms with E-state index in [-0.39, 0.29) is 0 Å². The van der Waals surface area contributed by atoms with Gasteiger partial charge in [0.05, 0.1) is 0 Å². The average molecular weight is 349 g/mol. The molecule has 4 rings (SSSR count). The van der Waals surface area contributed by atoms with E-state index in [4.69, 9.17) is 0 Å². The fourth-order valence-electron chi connectivity index (χ4n) is 4.47. The van der Waals surface area contributed by atoms with Crippen LogP contribution in [0.2, 0.25) is 0 Å².